The molecular formula is C20H20N2O3. The van der Waals surface area contributed by atoms with Gasteiger partial charge in [-0.05, 0) is 30.4 Å². The van der Waals surface area contributed by atoms with E-state index in [1.807, 2.05) is 0 Å². The Morgan fingerprint density at radius 1 is 1.28 bits per heavy atom. The lowest BCUT2D eigenvalue weighted by Gasteiger charge is -2.38. The number of anilines is 1. The Hall–Kier alpha value is -2.82. The van der Waals surface area contributed by atoms with Crippen LogP contribution in [0.2, 0.25) is 0 Å². The Morgan fingerprint density at radius 2 is 2.12 bits per heavy atom. The van der Waals surface area contributed by atoms with Gasteiger partial charge in [-0.25, -0.2) is 0 Å². The summed E-state index contributed by atoms with van der Waals surface area (Å²) in [6.45, 7) is 2.09. The van der Waals surface area contributed by atoms with Crippen LogP contribution < -0.4 is 10.1 Å². The summed E-state index contributed by atoms with van der Waals surface area (Å²) in [7, 11) is 1.55. The molecule has 0 spiro atoms. The SMILES string of the molecule is COc1cc([N+](=O)[O-])cc2c1NC(c1cccc(C)c1)C1CC=CC21. The Bertz CT molecular complexity index is 875. The van der Waals surface area contributed by atoms with Gasteiger partial charge >= 0.3 is 0 Å². The molecule has 0 saturated heterocycles. The molecule has 25 heavy (non-hydrogen) atoms. The molecule has 4 rings (SSSR count). The smallest absolute Gasteiger partial charge is 0.273 e. The van der Waals surface area contributed by atoms with Crippen LogP contribution in [-0.2, 0) is 0 Å². The van der Waals surface area contributed by atoms with Crippen molar-refractivity contribution in [2.45, 2.75) is 25.3 Å². The molecule has 3 unspecified atom stereocenters. The lowest BCUT2D eigenvalue weighted by atomic mass is 9.76. The maximum Gasteiger partial charge on any atom is 0.273 e. The minimum Gasteiger partial charge on any atom is -0.494 e. The van der Waals surface area contributed by atoms with E-state index >= 15 is 0 Å². The highest BCUT2D eigenvalue weighted by atomic mass is 16.6. The summed E-state index contributed by atoms with van der Waals surface area (Å²) in [6.07, 6.45) is 5.32. The standard InChI is InChI=1S/C20H20N2O3/c1-12-5-3-6-13(9-12)19-16-8-4-7-15(16)17-10-14(22(23)24)11-18(25-2)20(17)21-19/h3-7,9-11,15-16,19,21H,8H2,1-2H3. The van der Waals surface area contributed by atoms with Crippen molar-refractivity contribution in [3.8, 4) is 5.75 Å². The van der Waals surface area contributed by atoms with Crippen molar-refractivity contribution in [2.75, 3.05) is 12.4 Å². The zero-order valence-corrected chi connectivity index (χ0v) is 14.2. The largest absolute Gasteiger partial charge is 0.494 e. The molecule has 0 fully saturated rings. The number of aryl methyl sites for hydroxylation is 1. The van der Waals surface area contributed by atoms with Crippen LogP contribution in [0, 0.1) is 23.0 Å². The van der Waals surface area contributed by atoms with E-state index in [1.165, 1.54) is 17.2 Å². The van der Waals surface area contributed by atoms with Gasteiger partial charge in [-0.1, -0.05) is 42.0 Å². The summed E-state index contributed by atoms with van der Waals surface area (Å²) in [5, 5.41) is 14.9. The molecule has 0 aromatic heterocycles. The van der Waals surface area contributed by atoms with Crippen LogP contribution in [0.4, 0.5) is 11.4 Å². The first-order valence-corrected chi connectivity index (χ1v) is 8.44. The minimum absolute atomic E-state index is 0.0745. The number of nitrogens with one attached hydrogen (secondary N) is 1. The van der Waals surface area contributed by atoms with Crippen molar-refractivity contribution in [1.82, 2.24) is 0 Å². The summed E-state index contributed by atoms with van der Waals surface area (Å²) in [5.74, 6) is 1.04. The molecule has 5 nitrogen and oxygen atoms in total. The van der Waals surface area contributed by atoms with Gasteiger partial charge in [0.15, 0.2) is 0 Å². The van der Waals surface area contributed by atoms with E-state index < -0.39 is 0 Å². The number of methoxy groups -OCH3 is 1. The van der Waals surface area contributed by atoms with Crippen molar-refractivity contribution < 1.29 is 9.66 Å². The molecule has 0 radical (unpaired) electrons. The Morgan fingerprint density at radius 3 is 2.84 bits per heavy atom. The second-order valence-corrected chi connectivity index (χ2v) is 6.76. The Balaban J connectivity index is 1.85. The number of hydrogen-bond acceptors (Lipinski definition) is 4. The van der Waals surface area contributed by atoms with E-state index in [0.717, 1.165) is 17.7 Å². The van der Waals surface area contributed by atoms with Crippen molar-refractivity contribution in [1.29, 1.82) is 0 Å². The third kappa shape index (κ3) is 2.56. The summed E-state index contributed by atoms with van der Waals surface area (Å²) in [6, 6.07) is 11.9. The molecule has 1 aliphatic carbocycles. The van der Waals surface area contributed by atoms with Crippen molar-refractivity contribution in [3.63, 3.8) is 0 Å². The number of fused-ring (bicyclic) bond motifs is 3. The average molecular weight is 336 g/mol. The summed E-state index contributed by atoms with van der Waals surface area (Å²) < 4.78 is 5.47. The quantitative estimate of drug-likeness (QED) is 0.499. The zero-order valence-electron chi connectivity index (χ0n) is 14.2. The van der Waals surface area contributed by atoms with Gasteiger partial charge in [0, 0.05) is 12.0 Å². The first-order valence-electron chi connectivity index (χ1n) is 8.44. The van der Waals surface area contributed by atoms with E-state index in [2.05, 4.69) is 48.7 Å². The zero-order chi connectivity index (χ0) is 17.6. The average Bonchev–Trinajstić information content (AvgIpc) is 3.10. The predicted octanol–water partition coefficient (Wildman–Crippen LogP) is 4.74. The molecule has 1 aliphatic heterocycles. The number of ether oxygens (including phenoxy) is 1. The second-order valence-electron chi connectivity index (χ2n) is 6.76. The second kappa shape index (κ2) is 5.92. The fraction of sp³-hybridized carbons (Fsp3) is 0.300. The summed E-state index contributed by atoms with van der Waals surface area (Å²) in [5.41, 5.74) is 4.36. The van der Waals surface area contributed by atoms with Crippen molar-refractivity contribution >= 4 is 11.4 Å². The Kier molecular flexibility index (Phi) is 3.71. The van der Waals surface area contributed by atoms with Gasteiger partial charge in [0.2, 0.25) is 0 Å². The third-order valence-electron chi connectivity index (χ3n) is 5.25. The van der Waals surface area contributed by atoms with Crippen molar-refractivity contribution in [3.05, 3.63) is 75.4 Å². The lowest BCUT2D eigenvalue weighted by Crippen LogP contribution is -2.29. The Labute approximate surface area is 146 Å². The molecular weight excluding hydrogens is 316 g/mol. The normalized spacial score (nSPS) is 23.5. The number of allylic oxidation sites excluding steroid dienone is 2. The summed E-state index contributed by atoms with van der Waals surface area (Å²) in [4.78, 5) is 10.9. The molecule has 2 aliphatic rings. The number of hydrogen-bond donors (Lipinski definition) is 1. The van der Waals surface area contributed by atoms with E-state index in [0.29, 0.717) is 11.7 Å². The molecule has 1 heterocycles. The van der Waals surface area contributed by atoms with Gasteiger partial charge in [0.05, 0.1) is 29.8 Å². The van der Waals surface area contributed by atoms with Gasteiger partial charge in [0.25, 0.3) is 5.69 Å². The van der Waals surface area contributed by atoms with Crippen LogP contribution in [0.15, 0.2) is 48.6 Å². The number of non-ortho nitro benzene ring substituents is 1. The van der Waals surface area contributed by atoms with E-state index in [9.17, 15) is 10.1 Å². The number of nitrogens with zero attached hydrogens (tertiary/aromatic N) is 1. The van der Waals surface area contributed by atoms with E-state index in [1.54, 1.807) is 13.2 Å². The molecule has 1 N–H and O–H groups in total. The fourth-order valence-corrected chi connectivity index (χ4v) is 4.11. The van der Waals surface area contributed by atoms with Gasteiger partial charge in [0.1, 0.15) is 5.75 Å². The minimum atomic E-state index is -0.358. The topological polar surface area (TPSA) is 64.4 Å². The van der Waals surface area contributed by atoms with Crippen LogP contribution in [0.1, 0.15) is 35.1 Å². The number of rotatable bonds is 3. The van der Waals surface area contributed by atoms with Crippen LogP contribution in [-0.4, -0.2) is 12.0 Å². The highest BCUT2D eigenvalue weighted by Gasteiger charge is 2.40. The van der Waals surface area contributed by atoms with Crippen LogP contribution in [0.3, 0.4) is 0 Å². The highest BCUT2D eigenvalue weighted by molar-refractivity contribution is 5.71. The number of nitro groups is 1. The van der Waals surface area contributed by atoms with Gasteiger partial charge < -0.3 is 10.1 Å². The van der Waals surface area contributed by atoms with Crippen LogP contribution >= 0.6 is 0 Å². The van der Waals surface area contributed by atoms with Crippen LogP contribution in [0.25, 0.3) is 0 Å². The molecule has 0 bridgehead atoms. The monoisotopic (exact) mass is 336 g/mol. The summed E-state index contributed by atoms with van der Waals surface area (Å²) >= 11 is 0. The molecule has 5 heteroatoms. The molecule has 3 atom stereocenters. The highest BCUT2D eigenvalue weighted by Crippen LogP contribution is 2.53. The van der Waals surface area contributed by atoms with E-state index in [-0.39, 0.29) is 22.6 Å². The number of benzene rings is 2. The predicted molar refractivity (Wildman–Crippen MR) is 97.2 cm³/mol. The molecule has 2 aromatic carbocycles. The first kappa shape index (κ1) is 15.7. The van der Waals surface area contributed by atoms with Crippen LogP contribution in [0.5, 0.6) is 5.75 Å². The molecule has 2 aromatic rings. The maximum absolute atomic E-state index is 11.3. The molecule has 0 saturated carbocycles. The van der Waals surface area contributed by atoms with Gasteiger partial charge in [-0.15, -0.1) is 0 Å². The lowest BCUT2D eigenvalue weighted by molar-refractivity contribution is -0.385. The first-order chi connectivity index (χ1) is 12.1. The van der Waals surface area contributed by atoms with E-state index in [4.69, 9.17) is 4.74 Å². The fourth-order valence-electron chi connectivity index (χ4n) is 4.11. The maximum atomic E-state index is 11.3. The third-order valence-corrected chi connectivity index (χ3v) is 5.25. The van der Waals surface area contributed by atoms with Gasteiger partial charge in [-0.2, -0.15) is 0 Å². The number of nitro benzene ring substituents is 1. The molecule has 128 valence electrons. The molecule has 0 amide bonds. The van der Waals surface area contributed by atoms with Crippen molar-refractivity contribution in [2.24, 2.45) is 5.92 Å². The van der Waals surface area contributed by atoms with Gasteiger partial charge in [-0.3, -0.25) is 10.1 Å².